The van der Waals surface area contributed by atoms with Gasteiger partial charge < -0.3 is 35.8 Å². The number of nitrogens with zero attached hydrogens (tertiary/aromatic N) is 4. The van der Waals surface area contributed by atoms with Crippen LogP contribution >= 0.6 is 0 Å². The number of hydrogen-bond acceptors (Lipinski definition) is 7. The Bertz CT molecular complexity index is 1270. The summed E-state index contributed by atoms with van der Waals surface area (Å²) >= 11 is 0. The molecule has 72 heavy (non-hydrogen) atoms. The number of carbonyl (C=O) groups excluding carboxylic acids is 5. The first-order chi connectivity index (χ1) is 35.1. The van der Waals surface area contributed by atoms with Gasteiger partial charge in [-0.2, -0.15) is 0 Å². The molecule has 0 saturated carbocycles. The minimum atomic E-state index is -0.570. The second-order valence-corrected chi connectivity index (χ2v) is 21.4. The van der Waals surface area contributed by atoms with Crippen LogP contribution in [0.3, 0.4) is 0 Å². The summed E-state index contributed by atoms with van der Waals surface area (Å²) in [5, 5.41) is 12.4. The van der Waals surface area contributed by atoms with Crippen LogP contribution in [0.1, 0.15) is 285 Å². The van der Waals surface area contributed by atoms with E-state index in [2.05, 4.69) is 33.0 Å². The molecule has 0 spiro atoms. The largest absolute Gasteiger partial charge is 0.395 e. The van der Waals surface area contributed by atoms with E-state index in [4.69, 9.17) is 5.73 Å². The highest BCUT2D eigenvalue weighted by atomic mass is 16.3. The maximum atomic E-state index is 14.6. The highest BCUT2D eigenvalue weighted by Gasteiger charge is 2.27. The van der Waals surface area contributed by atoms with Crippen LogP contribution in [0.4, 0.5) is 0 Å². The van der Waals surface area contributed by atoms with Crippen molar-refractivity contribution < 1.29 is 29.1 Å². The smallest absolute Gasteiger partial charge is 0.242 e. The first-order valence-corrected chi connectivity index (χ1v) is 30.9. The van der Waals surface area contributed by atoms with E-state index in [0.717, 1.165) is 96.3 Å². The number of nitrogens with two attached hydrogens (primary N) is 1. The summed E-state index contributed by atoms with van der Waals surface area (Å²) in [7, 11) is 0. The van der Waals surface area contributed by atoms with Gasteiger partial charge in [0.1, 0.15) is 0 Å². The van der Waals surface area contributed by atoms with E-state index in [1.165, 1.54) is 165 Å². The fourth-order valence-corrected chi connectivity index (χ4v) is 9.69. The van der Waals surface area contributed by atoms with Gasteiger partial charge in [0, 0.05) is 32.7 Å². The topological polar surface area (TPSA) is 157 Å². The number of primary amides is 1. The second-order valence-electron chi connectivity index (χ2n) is 21.4. The van der Waals surface area contributed by atoms with E-state index in [1.807, 2.05) is 0 Å². The van der Waals surface area contributed by atoms with Crippen molar-refractivity contribution in [1.29, 1.82) is 0 Å². The number of aliphatic hydroxyl groups is 1. The number of rotatable bonds is 56. The van der Waals surface area contributed by atoms with Gasteiger partial charge in [-0.1, -0.05) is 259 Å². The zero-order valence-corrected chi connectivity index (χ0v) is 47.9. The Morgan fingerprint density at radius 1 is 0.319 bits per heavy atom. The summed E-state index contributed by atoms with van der Waals surface area (Å²) in [6.07, 6.45) is 46.2. The van der Waals surface area contributed by atoms with E-state index in [-0.39, 0.29) is 69.5 Å². The molecule has 0 aliphatic rings. The molecule has 0 aliphatic heterocycles. The Labute approximate surface area is 444 Å². The molecule has 0 aliphatic carbocycles. The Balaban J connectivity index is 6.15. The van der Waals surface area contributed by atoms with Crippen LogP contribution in [0.5, 0.6) is 0 Å². The molecule has 0 aromatic rings. The van der Waals surface area contributed by atoms with Gasteiger partial charge in [-0.05, 0) is 25.7 Å². The van der Waals surface area contributed by atoms with Crippen LogP contribution < -0.4 is 11.1 Å². The van der Waals surface area contributed by atoms with Gasteiger partial charge in [0.2, 0.25) is 29.5 Å². The summed E-state index contributed by atoms with van der Waals surface area (Å²) < 4.78 is 0. The lowest BCUT2D eigenvalue weighted by atomic mass is 10.1. The van der Waals surface area contributed by atoms with Crippen LogP contribution in [0, 0.1) is 0 Å². The van der Waals surface area contributed by atoms with E-state index < -0.39 is 5.91 Å². The van der Waals surface area contributed by atoms with Crippen LogP contribution in [0.2, 0.25) is 0 Å². The Kier molecular flexibility index (Phi) is 51.1. The average Bonchev–Trinajstić information content (AvgIpc) is 3.36. The molecule has 0 bridgehead atoms. The molecule has 0 atom stereocenters. The van der Waals surface area contributed by atoms with E-state index >= 15 is 0 Å². The molecule has 0 aromatic heterocycles. The second kappa shape index (κ2) is 53.1. The van der Waals surface area contributed by atoms with E-state index in [9.17, 15) is 29.1 Å². The van der Waals surface area contributed by atoms with Gasteiger partial charge in [-0.25, -0.2) is 0 Å². The molecule has 5 amide bonds. The maximum absolute atomic E-state index is 14.6. The number of carbonyl (C=O) groups is 5. The number of aliphatic hydroxyl groups excluding tert-OH is 1. The molecule has 0 fully saturated rings. The molecule has 0 radical (unpaired) electrons. The van der Waals surface area contributed by atoms with Crippen molar-refractivity contribution in [3.63, 3.8) is 0 Å². The van der Waals surface area contributed by atoms with E-state index in [1.54, 1.807) is 14.7 Å². The summed E-state index contributed by atoms with van der Waals surface area (Å²) in [4.78, 5) is 75.4. The zero-order chi connectivity index (χ0) is 53.0. The SMILES string of the molecule is CCCCCCCCCCCCN(CC(N)=O)C(=O)CN(CCCCCCCCCCCC)C(=O)CN(CCCCCCCCCCCC)C(=O)CN(CCCCCCCCCCCC)C(=O)CNCCO. The molecule has 0 saturated heterocycles. The lowest BCUT2D eigenvalue weighted by Crippen LogP contribution is -2.51. The van der Waals surface area contributed by atoms with Gasteiger partial charge in [0.15, 0.2) is 0 Å². The van der Waals surface area contributed by atoms with Gasteiger partial charge >= 0.3 is 0 Å². The van der Waals surface area contributed by atoms with Crippen molar-refractivity contribution in [2.75, 3.05) is 72.1 Å². The highest BCUT2D eigenvalue weighted by Crippen LogP contribution is 2.16. The highest BCUT2D eigenvalue weighted by molar-refractivity contribution is 5.91. The molecule has 0 rings (SSSR count). The van der Waals surface area contributed by atoms with Crippen molar-refractivity contribution in [3.05, 3.63) is 0 Å². The molecule has 0 aromatic carbocycles. The molecule has 0 heterocycles. The average molecular weight is 1020 g/mol. The van der Waals surface area contributed by atoms with Crippen LogP contribution in [0.25, 0.3) is 0 Å². The summed E-state index contributed by atoms with van der Waals surface area (Å²) in [5.74, 6) is -1.59. The lowest BCUT2D eigenvalue weighted by Gasteiger charge is -2.31. The van der Waals surface area contributed by atoms with Crippen LogP contribution in [0.15, 0.2) is 0 Å². The predicted molar refractivity (Wildman–Crippen MR) is 303 cm³/mol. The standard InChI is InChI=1S/C60H118N6O6/c1-5-9-13-17-21-25-29-33-37-41-46-63(52-56(61)68)58(70)54-65(48-43-39-35-31-27-23-19-15-11-7-3)60(72)55-66(49-44-40-36-32-28-24-20-16-12-8-4)59(71)53-64(57(69)51-62-45-50-67)47-42-38-34-30-26-22-18-14-10-6-2/h62,67H,5-55H2,1-4H3,(H2,61,68). The molecule has 0 unspecified atom stereocenters. The van der Waals surface area contributed by atoms with Crippen LogP contribution in [-0.4, -0.2) is 126 Å². The fraction of sp³-hybridized carbons (Fsp3) is 0.917. The number of unbranched alkanes of at least 4 members (excludes halogenated alkanes) is 36. The zero-order valence-electron chi connectivity index (χ0n) is 47.9. The lowest BCUT2D eigenvalue weighted by molar-refractivity contribution is -0.146. The first-order valence-electron chi connectivity index (χ1n) is 30.9. The quantitative estimate of drug-likeness (QED) is 0.0512. The minimum absolute atomic E-state index is 0.0264. The Hall–Kier alpha value is -2.73. The van der Waals surface area contributed by atoms with Crippen molar-refractivity contribution in [2.24, 2.45) is 5.73 Å². The van der Waals surface area contributed by atoms with Gasteiger partial charge in [0.05, 0.1) is 39.3 Å². The maximum Gasteiger partial charge on any atom is 0.242 e. The number of hydrogen-bond donors (Lipinski definition) is 3. The summed E-state index contributed by atoms with van der Waals surface area (Å²) in [5.41, 5.74) is 5.69. The van der Waals surface area contributed by atoms with Crippen molar-refractivity contribution >= 4 is 29.5 Å². The first kappa shape index (κ1) is 69.3. The van der Waals surface area contributed by atoms with E-state index in [0.29, 0.717) is 26.2 Å². The molecule has 12 nitrogen and oxygen atoms in total. The van der Waals surface area contributed by atoms with Crippen LogP contribution in [-0.2, 0) is 24.0 Å². The third kappa shape index (κ3) is 43.6. The third-order valence-electron chi connectivity index (χ3n) is 14.4. The fourth-order valence-electron chi connectivity index (χ4n) is 9.69. The summed E-state index contributed by atoms with van der Waals surface area (Å²) in [6, 6.07) is 0. The normalized spacial score (nSPS) is 11.3. The number of amides is 5. The monoisotopic (exact) mass is 1020 g/mol. The van der Waals surface area contributed by atoms with Crippen molar-refractivity contribution in [3.8, 4) is 0 Å². The summed E-state index contributed by atoms with van der Waals surface area (Å²) in [6.45, 7) is 10.2. The molecule has 424 valence electrons. The molecule has 4 N–H and O–H groups in total. The Morgan fingerprint density at radius 3 is 0.750 bits per heavy atom. The minimum Gasteiger partial charge on any atom is -0.395 e. The van der Waals surface area contributed by atoms with Crippen molar-refractivity contribution in [1.82, 2.24) is 24.9 Å². The van der Waals surface area contributed by atoms with Gasteiger partial charge in [-0.15, -0.1) is 0 Å². The molecular weight excluding hydrogens is 901 g/mol. The number of nitrogens with one attached hydrogen (secondary N) is 1. The molecule has 12 heteroatoms. The van der Waals surface area contributed by atoms with Gasteiger partial charge in [-0.3, -0.25) is 24.0 Å². The Morgan fingerprint density at radius 2 is 0.528 bits per heavy atom. The van der Waals surface area contributed by atoms with Gasteiger partial charge in [0.25, 0.3) is 0 Å². The third-order valence-corrected chi connectivity index (χ3v) is 14.4. The predicted octanol–water partition coefficient (Wildman–Crippen LogP) is 13.1. The van der Waals surface area contributed by atoms with Crippen molar-refractivity contribution in [2.45, 2.75) is 285 Å². The molecular formula is C60H118N6O6.